The summed E-state index contributed by atoms with van der Waals surface area (Å²) in [7, 11) is 0. The Bertz CT molecular complexity index is 563. The van der Waals surface area contributed by atoms with Crippen molar-refractivity contribution in [2.75, 3.05) is 0 Å². The second-order valence-corrected chi connectivity index (χ2v) is 7.40. The lowest BCUT2D eigenvalue weighted by atomic mass is 9.76. The topological polar surface area (TPSA) is 44.1 Å². The minimum absolute atomic E-state index is 0.259. The molecule has 2 saturated heterocycles. The smallest absolute Gasteiger partial charge is 0.136 e. The molecule has 3 nitrogen and oxygen atoms in total. The minimum Gasteiger partial charge on any atom is -0.299 e. The minimum atomic E-state index is 0.259. The first-order chi connectivity index (χ1) is 11.8. The summed E-state index contributed by atoms with van der Waals surface area (Å²) >= 11 is 0. The van der Waals surface area contributed by atoms with Crippen LogP contribution in [0, 0.1) is 17.2 Å². The van der Waals surface area contributed by atoms with Gasteiger partial charge in [0.2, 0.25) is 0 Å². The molecule has 2 unspecified atom stereocenters. The Hall–Kier alpha value is -1.66. The summed E-state index contributed by atoms with van der Waals surface area (Å²) < 4.78 is 0. The highest BCUT2D eigenvalue weighted by Gasteiger charge is 2.40. The van der Waals surface area contributed by atoms with Gasteiger partial charge in [-0.1, -0.05) is 36.8 Å². The lowest BCUT2D eigenvalue weighted by Crippen LogP contribution is -2.52. The molecule has 2 atom stereocenters. The molecule has 0 aliphatic carbocycles. The summed E-state index contributed by atoms with van der Waals surface area (Å²) in [5, 5.41) is 8.60. The lowest BCUT2D eigenvalue weighted by Gasteiger charge is -2.48. The first kappa shape index (κ1) is 17.2. The van der Waals surface area contributed by atoms with Gasteiger partial charge in [-0.25, -0.2) is 0 Å². The quantitative estimate of drug-likeness (QED) is 0.695. The van der Waals surface area contributed by atoms with E-state index in [2.05, 4.69) is 41.3 Å². The molecule has 2 bridgehead atoms. The highest BCUT2D eigenvalue weighted by molar-refractivity contribution is 5.81. The maximum atomic E-state index is 12.6. The molecular weight excluding hydrogens is 296 g/mol. The zero-order valence-corrected chi connectivity index (χ0v) is 14.5. The monoisotopic (exact) mass is 324 g/mol. The van der Waals surface area contributed by atoms with Crippen LogP contribution in [0.15, 0.2) is 30.3 Å². The van der Waals surface area contributed by atoms with Crippen LogP contribution < -0.4 is 0 Å². The van der Waals surface area contributed by atoms with E-state index in [9.17, 15) is 4.79 Å². The van der Waals surface area contributed by atoms with Gasteiger partial charge < -0.3 is 0 Å². The number of carbonyl (C=O) groups excluding carboxylic acids is 1. The van der Waals surface area contributed by atoms with Crippen LogP contribution in [0.25, 0.3) is 0 Å². The predicted molar refractivity (Wildman–Crippen MR) is 95.2 cm³/mol. The maximum absolute atomic E-state index is 12.6. The van der Waals surface area contributed by atoms with Crippen molar-refractivity contribution in [1.82, 2.24) is 4.90 Å². The number of nitriles is 1. The highest BCUT2D eigenvalue weighted by atomic mass is 16.1. The highest BCUT2D eigenvalue weighted by Crippen LogP contribution is 2.38. The Kier molecular flexibility index (Phi) is 6.04. The fourth-order valence-electron chi connectivity index (χ4n) is 4.50. The zero-order valence-electron chi connectivity index (χ0n) is 14.5. The number of rotatable bonds is 7. The molecule has 1 aromatic carbocycles. The first-order valence-corrected chi connectivity index (χ1v) is 9.47. The van der Waals surface area contributed by atoms with Crippen LogP contribution in [-0.4, -0.2) is 22.8 Å². The van der Waals surface area contributed by atoms with Crippen LogP contribution >= 0.6 is 0 Å². The largest absolute Gasteiger partial charge is 0.299 e. The molecule has 0 aromatic heterocycles. The van der Waals surface area contributed by atoms with E-state index >= 15 is 0 Å². The molecule has 3 rings (SSSR count). The lowest BCUT2D eigenvalue weighted by molar-refractivity contribution is -0.127. The number of fused-ring (bicyclic) bond motifs is 2. The van der Waals surface area contributed by atoms with E-state index in [0.717, 1.165) is 32.2 Å². The molecule has 3 heteroatoms. The fraction of sp³-hybridized carbons (Fsp3) is 0.619. The van der Waals surface area contributed by atoms with Crippen LogP contribution in [0.3, 0.4) is 0 Å². The Labute approximate surface area is 145 Å². The van der Waals surface area contributed by atoms with Crippen LogP contribution in [0.5, 0.6) is 0 Å². The number of carbonyl (C=O) groups is 1. The first-order valence-electron chi connectivity index (χ1n) is 9.47. The van der Waals surface area contributed by atoms with Gasteiger partial charge in [0.15, 0.2) is 0 Å². The number of piperidine rings is 2. The molecule has 2 heterocycles. The van der Waals surface area contributed by atoms with Crippen molar-refractivity contribution < 1.29 is 4.79 Å². The van der Waals surface area contributed by atoms with Gasteiger partial charge >= 0.3 is 0 Å². The summed E-state index contributed by atoms with van der Waals surface area (Å²) in [5.74, 6) is 0.707. The predicted octanol–water partition coefficient (Wildman–Crippen LogP) is 4.47. The normalized spacial score (nSPS) is 26.7. The van der Waals surface area contributed by atoms with Gasteiger partial charge in [-0.3, -0.25) is 9.69 Å². The number of benzene rings is 1. The second kappa shape index (κ2) is 8.44. The van der Waals surface area contributed by atoms with E-state index in [4.69, 9.17) is 5.26 Å². The summed E-state index contributed by atoms with van der Waals surface area (Å²) in [4.78, 5) is 15.2. The van der Waals surface area contributed by atoms with Crippen LogP contribution in [0.1, 0.15) is 63.4 Å². The molecule has 1 aromatic rings. The third-order valence-electron chi connectivity index (χ3n) is 5.75. The average molecular weight is 324 g/mol. The molecule has 0 radical (unpaired) electrons. The fourth-order valence-corrected chi connectivity index (χ4v) is 4.50. The standard InChI is InChI=1S/C21H28N2O/c22-13-6-2-5-12-21(24)18-14-19-10-7-11-20(15-18)23(19)16-17-8-3-1-4-9-17/h1,3-4,8-9,18-20H,2,5-7,10-12,14-16H2. The molecule has 0 amide bonds. The molecule has 0 N–H and O–H groups in total. The van der Waals surface area contributed by atoms with Gasteiger partial charge in [-0.2, -0.15) is 5.26 Å². The summed E-state index contributed by atoms with van der Waals surface area (Å²) in [6.07, 6.45) is 8.86. The maximum Gasteiger partial charge on any atom is 0.136 e. The Morgan fingerprint density at radius 2 is 1.83 bits per heavy atom. The van der Waals surface area contributed by atoms with Crippen LogP contribution in [0.2, 0.25) is 0 Å². The van der Waals surface area contributed by atoms with Crippen LogP contribution in [0.4, 0.5) is 0 Å². The molecule has 0 spiro atoms. The number of Topliss-reactive ketones (excluding diaryl/α,β-unsaturated/α-hetero) is 1. The second-order valence-electron chi connectivity index (χ2n) is 7.40. The molecule has 2 fully saturated rings. The van der Waals surface area contributed by atoms with Gasteiger partial charge in [-0.05, 0) is 44.1 Å². The van der Waals surface area contributed by atoms with Crippen molar-refractivity contribution in [2.24, 2.45) is 5.92 Å². The van der Waals surface area contributed by atoms with Crippen molar-refractivity contribution in [3.63, 3.8) is 0 Å². The molecule has 2 aliphatic rings. The van der Waals surface area contributed by atoms with E-state index in [-0.39, 0.29) is 5.92 Å². The van der Waals surface area contributed by atoms with E-state index in [0.29, 0.717) is 30.7 Å². The van der Waals surface area contributed by atoms with Crippen molar-refractivity contribution in [1.29, 1.82) is 5.26 Å². The summed E-state index contributed by atoms with van der Waals surface area (Å²) in [6, 6.07) is 14.0. The molecule has 2 aliphatic heterocycles. The molecular formula is C21H28N2O. The van der Waals surface area contributed by atoms with Gasteiger partial charge in [-0.15, -0.1) is 0 Å². The van der Waals surface area contributed by atoms with Gasteiger partial charge in [0.05, 0.1) is 6.07 Å². The zero-order chi connectivity index (χ0) is 16.8. The SMILES string of the molecule is N#CCCCCC(=O)C1CC2CCCC(C1)N2Cc1ccccc1. The summed E-state index contributed by atoms with van der Waals surface area (Å²) in [5.41, 5.74) is 1.38. The van der Waals surface area contributed by atoms with Crippen molar-refractivity contribution in [2.45, 2.75) is 76.4 Å². The van der Waals surface area contributed by atoms with E-state index < -0.39 is 0 Å². The van der Waals surface area contributed by atoms with Crippen LogP contribution in [-0.2, 0) is 11.3 Å². The van der Waals surface area contributed by atoms with Gasteiger partial charge in [0, 0.05) is 37.4 Å². The third-order valence-corrected chi connectivity index (χ3v) is 5.75. The Morgan fingerprint density at radius 3 is 2.50 bits per heavy atom. The van der Waals surface area contributed by atoms with E-state index in [1.165, 1.54) is 24.8 Å². The molecule has 24 heavy (non-hydrogen) atoms. The average Bonchev–Trinajstić information content (AvgIpc) is 2.59. The number of hydrogen-bond acceptors (Lipinski definition) is 3. The molecule has 128 valence electrons. The third kappa shape index (κ3) is 4.24. The number of ketones is 1. The molecule has 0 saturated carbocycles. The van der Waals surface area contributed by atoms with E-state index in [1.807, 2.05) is 0 Å². The Morgan fingerprint density at radius 1 is 1.12 bits per heavy atom. The summed E-state index contributed by atoms with van der Waals surface area (Å²) in [6.45, 7) is 1.03. The van der Waals surface area contributed by atoms with Gasteiger partial charge in [0.1, 0.15) is 5.78 Å². The number of unbranched alkanes of at least 4 members (excludes halogenated alkanes) is 2. The Balaban J connectivity index is 1.57. The number of nitrogens with zero attached hydrogens (tertiary/aromatic N) is 2. The van der Waals surface area contributed by atoms with Crippen molar-refractivity contribution in [3.8, 4) is 6.07 Å². The number of hydrogen-bond donors (Lipinski definition) is 0. The van der Waals surface area contributed by atoms with E-state index in [1.54, 1.807) is 0 Å². The van der Waals surface area contributed by atoms with Gasteiger partial charge in [0.25, 0.3) is 0 Å². The van der Waals surface area contributed by atoms with Crippen molar-refractivity contribution >= 4 is 5.78 Å². The van der Waals surface area contributed by atoms with Crippen molar-refractivity contribution in [3.05, 3.63) is 35.9 Å².